The van der Waals surface area contributed by atoms with E-state index in [9.17, 15) is 0 Å². The molecule has 0 aromatic heterocycles. The van der Waals surface area contributed by atoms with Crippen molar-refractivity contribution in [3.8, 4) is 0 Å². The van der Waals surface area contributed by atoms with Crippen LogP contribution in [-0.2, 0) is 6.42 Å². The first kappa shape index (κ1) is 48.9. The van der Waals surface area contributed by atoms with Gasteiger partial charge in [-0.15, -0.1) is 23.5 Å². The molecule has 0 unspecified atom stereocenters. The Balaban J connectivity index is 1.97. The normalized spacial score (nSPS) is 11.6. The van der Waals surface area contributed by atoms with Crippen LogP contribution in [0.25, 0.3) is 0 Å². The van der Waals surface area contributed by atoms with Gasteiger partial charge in [-0.1, -0.05) is 252 Å². The minimum atomic E-state index is 1.24. The summed E-state index contributed by atoms with van der Waals surface area (Å²) in [6.07, 6.45) is 54.9. The maximum absolute atomic E-state index is 2.41. The molecule has 0 spiro atoms. The van der Waals surface area contributed by atoms with E-state index in [0.29, 0.717) is 0 Å². The van der Waals surface area contributed by atoms with Gasteiger partial charge in [-0.05, 0) is 48.5 Å². The lowest BCUT2D eigenvalue weighted by Gasteiger charge is -2.14. The smallest absolute Gasteiger partial charge is 0.0115 e. The van der Waals surface area contributed by atoms with Gasteiger partial charge in [0.2, 0.25) is 0 Å². The number of rotatable bonds is 42. The van der Waals surface area contributed by atoms with Gasteiger partial charge in [0.25, 0.3) is 0 Å². The molecule has 51 heavy (non-hydrogen) atoms. The molecule has 2 heteroatoms. The van der Waals surface area contributed by atoms with E-state index in [1.54, 1.807) is 15.4 Å². The van der Waals surface area contributed by atoms with Crippen molar-refractivity contribution in [2.45, 2.75) is 275 Å². The SMILES string of the molecule is CCCCCCCCCCCCCCCCCCCCSc1cccc(SCCCCCCCCCCCCCCCCCCCC)c1CCC. The number of thioether (sulfide) groups is 2. The summed E-state index contributed by atoms with van der Waals surface area (Å²) in [5, 5.41) is 0. The van der Waals surface area contributed by atoms with Gasteiger partial charge in [0.15, 0.2) is 0 Å². The van der Waals surface area contributed by atoms with Gasteiger partial charge in [0.1, 0.15) is 0 Å². The van der Waals surface area contributed by atoms with E-state index in [-0.39, 0.29) is 0 Å². The topological polar surface area (TPSA) is 0 Å². The second kappa shape index (κ2) is 41.1. The fourth-order valence-corrected chi connectivity index (χ4v) is 10.0. The monoisotopic (exact) mass is 745 g/mol. The summed E-state index contributed by atoms with van der Waals surface area (Å²) in [6, 6.07) is 7.14. The molecular formula is C49H92S2. The summed E-state index contributed by atoms with van der Waals surface area (Å²) in [5.74, 6) is 2.59. The summed E-state index contributed by atoms with van der Waals surface area (Å²) < 4.78 is 0. The molecule has 1 rings (SSSR count). The predicted octanol–water partition coefficient (Wildman–Crippen LogP) is 18.9. The molecular weight excluding hydrogens is 653 g/mol. The van der Waals surface area contributed by atoms with Crippen molar-refractivity contribution in [2.24, 2.45) is 0 Å². The Morgan fingerprint density at radius 1 is 0.294 bits per heavy atom. The summed E-state index contributed by atoms with van der Waals surface area (Å²) >= 11 is 4.29. The number of unbranched alkanes of at least 4 members (excludes halogenated alkanes) is 34. The van der Waals surface area contributed by atoms with Crippen molar-refractivity contribution >= 4 is 23.5 Å². The summed E-state index contributed by atoms with van der Waals surface area (Å²) in [6.45, 7) is 6.97. The molecule has 1 aromatic rings. The zero-order valence-electron chi connectivity index (χ0n) is 35.3. The molecule has 0 saturated carbocycles. The van der Waals surface area contributed by atoms with Crippen LogP contribution in [0, 0.1) is 0 Å². The van der Waals surface area contributed by atoms with E-state index >= 15 is 0 Å². The Hall–Kier alpha value is -0.0800. The van der Waals surface area contributed by atoms with Crippen LogP contribution in [0.15, 0.2) is 28.0 Å². The highest BCUT2D eigenvalue weighted by atomic mass is 32.2. The van der Waals surface area contributed by atoms with Crippen LogP contribution < -0.4 is 0 Å². The summed E-state index contributed by atoms with van der Waals surface area (Å²) in [5.41, 5.74) is 1.65. The number of benzene rings is 1. The van der Waals surface area contributed by atoms with Crippen molar-refractivity contribution in [1.82, 2.24) is 0 Å². The molecule has 0 fully saturated rings. The summed E-state index contributed by atoms with van der Waals surface area (Å²) in [7, 11) is 0. The van der Waals surface area contributed by atoms with Crippen LogP contribution in [0.2, 0.25) is 0 Å². The molecule has 0 nitrogen and oxygen atoms in total. The Bertz CT molecular complexity index is 743. The molecule has 0 bridgehead atoms. The van der Waals surface area contributed by atoms with Crippen molar-refractivity contribution in [3.05, 3.63) is 23.8 Å². The zero-order valence-corrected chi connectivity index (χ0v) is 37.0. The average molecular weight is 745 g/mol. The van der Waals surface area contributed by atoms with E-state index in [1.807, 2.05) is 0 Å². The largest absolute Gasteiger partial charge is 0.126 e. The fraction of sp³-hybridized carbons (Fsp3) is 0.878. The summed E-state index contributed by atoms with van der Waals surface area (Å²) in [4.78, 5) is 3.15. The minimum absolute atomic E-state index is 1.24. The highest BCUT2D eigenvalue weighted by Crippen LogP contribution is 2.34. The highest BCUT2D eigenvalue weighted by Gasteiger charge is 2.09. The van der Waals surface area contributed by atoms with Crippen LogP contribution in [0.5, 0.6) is 0 Å². The maximum atomic E-state index is 2.41. The van der Waals surface area contributed by atoms with E-state index in [2.05, 4.69) is 62.5 Å². The van der Waals surface area contributed by atoms with Gasteiger partial charge in [0, 0.05) is 9.79 Å². The van der Waals surface area contributed by atoms with E-state index in [0.717, 1.165) is 0 Å². The quantitative estimate of drug-likeness (QED) is 0.0483. The molecule has 0 aliphatic heterocycles. The van der Waals surface area contributed by atoms with Gasteiger partial charge < -0.3 is 0 Å². The molecule has 0 radical (unpaired) electrons. The van der Waals surface area contributed by atoms with E-state index < -0.39 is 0 Å². The Kier molecular flexibility index (Phi) is 39.4. The van der Waals surface area contributed by atoms with Crippen molar-refractivity contribution in [1.29, 1.82) is 0 Å². The van der Waals surface area contributed by atoms with Crippen molar-refractivity contribution < 1.29 is 0 Å². The lowest BCUT2D eigenvalue weighted by Crippen LogP contribution is -1.94. The van der Waals surface area contributed by atoms with Gasteiger partial charge in [-0.2, -0.15) is 0 Å². The van der Waals surface area contributed by atoms with Crippen LogP contribution in [-0.4, -0.2) is 11.5 Å². The lowest BCUT2D eigenvalue weighted by atomic mass is 10.0. The Morgan fingerprint density at radius 2 is 0.529 bits per heavy atom. The van der Waals surface area contributed by atoms with E-state index in [4.69, 9.17) is 0 Å². The van der Waals surface area contributed by atoms with Gasteiger partial charge in [-0.3, -0.25) is 0 Å². The standard InChI is InChI=1S/C49H92S2/c1-4-7-9-11-13-15-17-19-21-23-25-27-29-31-33-35-37-39-45-50-48-43-41-44-49(47(48)42-6-3)51-46-40-38-36-34-32-30-28-26-24-22-20-18-16-14-12-10-8-5-2/h41,43-44H,4-40,42,45-46H2,1-3H3. The average Bonchev–Trinajstić information content (AvgIpc) is 3.14. The molecule has 0 aliphatic rings. The van der Waals surface area contributed by atoms with Crippen LogP contribution in [0.1, 0.15) is 264 Å². The maximum Gasteiger partial charge on any atom is 0.0115 e. The molecule has 1 aromatic carbocycles. The first-order valence-corrected chi connectivity index (χ1v) is 25.7. The predicted molar refractivity (Wildman–Crippen MR) is 239 cm³/mol. The Labute approximate surface area is 331 Å². The first-order valence-electron chi connectivity index (χ1n) is 23.7. The lowest BCUT2D eigenvalue weighted by molar-refractivity contribution is 0.526. The van der Waals surface area contributed by atoms with Crippen LogP contribution in [0.4, 0.5) is 0 Å². The second-order valence-corrected chi connectivity index (χ2v) is 18.5. The minimum Gasteiger partial charge on any atom is -0.126 e. The first-order chi connectivity index (χ1) is 25.3. The van der Waals surface area contributed by atoms with Crippen LogP contribution in [0.3, 0.4) is 0 Å². The Morgan fingerprint density at radius 3 is 0.765 bits per heavy atom. The fourth-order valence-electron chi connectivity index (χ4n) is 7.68. The molecule has 0 amide bonds. The van der Waals surface area contributed by atoms with Gasteiger partial charge in [-0.25, -0.2) is 0 Å². The third-order valence-electron chi connectivity index (χ3n) is 11.1. The highest BCUT2D eigenvalue weighted by molar-refractivity contribution is 8.00. The van der Waals surface area contributed by atoms with Crippen LogP contribution >= 0.6 is 23.5 Å². The van der Waals surface area contributed by atoms with Gasteiger partial charge >= 0.3 is 0 Å². The molecule has 0 saturated heterocycles. The van der Waals surface area contributed by atoms with Crippen molar-refractivity contribution in [3.63, 3.8) is 0 Å². The molecule has 0 heterocycles. The second-order valence-electron chi connectivity index (χ2n) is 16.2. The van der Waals surface area contributed by atoms with Gasteiger partial charge in [0.05, 0.1) is 0 Å². The molecule has 300 valence electrons. The molecule has 0 N–H and O–H groups in total. The zero-order chi connectivity index (χ0) is 36.6. The molecule has 0 aliphatic carbocycles. The number of hydrogen-bond acceptors (Lipinski definition) is 2. The van der Waals surface area contributed by atoms with E-state index in [1.165, 1.54) is 255 Å². The third-order valence-corrected chi connectivity index (χ3v) is 13.5. The van der Waals surface area contributed by atoms with Crippen molar-refractivity contribution in [2.75, 3.05) is 11.5 Å². The number of hydrogen-bond donors (Lipinski definition) is 0. The third kappa shape index (κ3) is 33.0. The molecule has 0 atom stereocenters.